The summed E-state index contributed by atoms with van der Waals surface area (Å²) in [6.45, 7) is 6.27. The van der Waals surface area contributed by atoms with Crippen LogP contribution in [0.4, 0.5) is 9.93 Å². The van der Waals surface area contributed by atoms with Crippen LogP contribution in [0.5, 0.6) is 0 Å². The van der Waals surface area contributed by atoms with Crippen LogP contribution in [-0.4, -0.2) is 17.7 Å². The fourth-order valence-corrected chi connectivity index (χ4v) is 1.64. The molecule has 1 rings (SSSR count). The van der Waals surface area contributed by atoms with E-state index in [0.717, 1.165) is 17.0 Å². The molecule has 0 radical (unpaired) electrons. The molecule has 0 spiro atoms. The standard InChI is InChI=1S/C9H14N2O2S/c1-4-5-13-9(12)11-8-10-6(2)7(3)14-8/h4-5H2,1-3H3,(H,10,11,12). The molecule has 1 amide bonds. The fraction of sp³-hybridized carbons (Fsp3) is 0.556. The number of anilines is 1. The van der Waals surface area contributed by atoms with Crippen molar-refractivity contribution in [3.05, 3.63) is 10.6 Å². The van der Waals surface area contributed by atoms with Crippen molar-refractivity contribution in [2.75, 3.05) is 11.9 Å². The molecule has 1 aromatic rings. The number of aromatic nitrogens is 1. The zero-order chi connectivity index (χ0) is 10.6. The summed E-state index contributed by atoms with van der Waals surface area (Å²) in [4.78, 5) is 16.4. The van der Waals surface area contributed by atoms with E-state index in [4.69, 9.17) is 4.74 Å². The van der Waals surface area contributed by atoms with Gasteiger partial charge in [-0.05, 0) is 20.3 Å². The van der Waals surface area contributed by atoms with Crippen molar-refractivity contribution in [3.63, 3.8) is 0 Å². The van der Waals surface area contributed by atoms with E-state index in [2.05, 4.69) is 10.3 Å². The molecule has 0 aromatic carbocycles. The Morgan fingerprint density at radius 3 is 2.79 bits per heavy atom. The minimum Gasteiger partial charge on any atom is -0.449 e. The van der Waals surface area contributed by atoms with Gasteiger partial charge in [0.05, 0.1) is 12.3 Å². The molecular weight excluding hydrogens is 200 g/mol. The number of rotatable bonds is 3. The average molecular weight is 214 g/mol. The van der Waals surface area contributed by atoms with Crippen molar-refractivity contribution in [1.82, 2.24) is 4.98 Å². The van der Waals surface area contributed by atoms with Crippen LogP contribution in [0, 0.1) is 13.8 Å². The molecule has 78 valence electrons. The highest BCUT2D eigenvalue weighted by Crippen LogP contribution is 2.20. The van der Waals surface area contributed by atoms with Crippen molar-refractivity contribution < 1.29 is 9.53 Å². The second-order valence-electron chi connectivity index (χ2n) is 2.92. The molecule has 4 nitrogen and oxygen atoms in total. The summed E-state index contributed by atoms with van der Waals surface area (Å²) in [7, 11) is 0. The van der Waals surface area contributed by atoms with Crippen molar-refractivity contribution in [2.24, 2.45) is 0 Å². The molecule has 1 aromatic heterocycles. The summed E-state index contributed by atoms with van der Waals surface area (Å²) in [5.41, 5.74) is 0.945. The van der Waals surface area contributed by atoms with Gasteiger partial charge in [-0.2, -0.15) is 0 Å². The maximum absolute atomic E-state index is 11.1. The predicted molar refractivity (Wildman–Crippen MR) is 56.8 cm³/mol. The Morgan fingerprint density at radius 1 is 1.57 bits per heavy atom. The summed E-state index contributed by atoms with van der Waals surface area (Å²) in [5.74, 6) is 0. The van der Waals surface area contributed by atoms with Crippen LogP contribution in [0.2, 0.25) is 0 Å². The topological polar surface area (TPSA) is 51.2 Å². The van der Waals surface area contributed by atoms with Gasteiger partial charge in [0.25, 0.3) is 0 Å². The number of hydrogen-bond donors (Lipinski definition) is 1. The third-order valence-electron chi connectivity index (χ3n) is 1.67. The van der Waals surface area contributed by atoms with Gasteiger partial charge in [0.1, 0.15) is 0 Å². The van der Waals surface area contributed by atoms with Gasteiger partial charge in [0.2, 0.25) is 0 Å². The Labute approximate surface area is 87.3 Å². The lowest BCUT2D eigenvalue weighted by molar-refractivity contribution is 0.161. The number of nitrogens with one attached hydrogen (secondary N) is 1. The molecule has 0 aliphatic heterocycles. The van der Waals surface area contributed by atoms with Crippen LogP contribution in [0.15, 0.2) is 0 Å². The van der Waals surface area contributed by atoms with Gasteiger partial charge in [0, 0.05) is 4.88 Å². The molecule has 0 bridgehead atoms. The maximum atomic E-state index is 11.1. The lowest BCUT2D eigenvalue weighted by Crippen LogP contribution is -2.13. The number of aryl methyl sites for hydroxylation is 2. The number of carbonyl (C=O) groups is 1. The summed E-state index contributed by atoms with van der Waals surface area (Å²) >= 11 is 1.45. The normalized spacial score (nSPS) is 9.93. The first kappa shape index (κ1) is 11.0. The van der Waals surface area contributed by atoms with Crippen molar-refractivity contribution in [1.29, 1.82) is 0 Å². The van der Waals surface area contributed by atoms with Crippen molar-refractivity contribution in [2.45, 2.75) is 27.2 Å². The maximum Gasteiger partial charge on any atom is 0.413 e. The molecule has 0 saturated heterocycles. The average Bonchev–Trinajstić information content (AvgIpc) is 2.42. The minimum atomic E-state index is -0.430. The zero-order valence-corrected chi connectivity index (χ0v) is 9.40. The molecule has 0 unspecified atom stereocenters. The molecule has 5 heteroatoms. The first-order valence-electron chi connectivity index (χ1n) is 4.51. The van der Waals surface area contributed by atoms with Gasteiger partial charge in [-0.1, -0.05) is 6.92 Å². The quantitative estimate of drug-likeness (QED) is 0.841. The van der Waals surface area contributed by atoms with Crippen LogP contribution in [-0.2, 0) is 4.74 Å². The third kappa shape index (κ3) is 2.99. The monoisotopic (exact) mass is 214 g/mol. The molecule has 1 heterocycles. The highest BCUT2D eigenvalue weighted by Gasteiger charge is 2.07. The number of nitrogens with zero attached hydrogens (tertiary/aromatic N) is 1. The van der Waals surface area contributed by atoms with E-state index in [1.807, 2.05) is 20.8 Å². The smallest absolute Gasteiger partial charge is 0.413 e. The molecule has 0 atom stereocenters. The minimum absolute atomic E-state index is 0.430. The lowest BCUT2D eigenvalue weighted by atomic mass is 10.4. The van der Waals surface area contributed by atoms with Crippen molar-refractivity contribution >= 4 is 22.6 Å². The molecule has 0 saturated carbocycles. The molecule has 0 fully saturated rings. The molecule has 14 heavy (non-hydrogen) atoms. The number of hydrogen-bond acceptors (Lipinski definition) is 4. The molecule has 1 N–H and O–H groups in total. The Balaban J connectivity index is 2.48. The van der Waals surface area contributed by atoms with Gasteiger partial charge in [-0.3, -0.25) is 5.32 Å². The van der Waals surface area contributed by atoms with Crippen LogP contribution in [0.1, 0.15) is 23.9 Å². The van der Waals surface area contributed by atoms with E-state index < -0.39 is 6.09 Å². The van der Waals surface area contributed by atoms with Crippen LogP contribution in [0.25, 0.3) is 0 Å². The summed E-state index contributed by atoms with van der Waals surface area (Å²) in [5, 5.41) is 3.18. The van der Waals surface area contributed by atoms with E-state index in [1.165, 1.54) is 11.3 Å². The Bertz CT molecular complexity index is 303. The molecule has 0 aliphatic carbocycles. The summed E-state index contributed by atoms with van der Waals surface area (Å²) in [6.07, 6.45) is 0.393. The van der Waals surface area contributed by atoms with Gasteiger partial charge >= 0.3 is 6.09 Å². The number of amides is 1. The second-order valence-corrected chi connectivity index (χ2v) is 4.12. The Morgan fingerprint density at radius 2 is 2.29 bits per heavy atom. The van der Waals surface area contributed by atoms with Gasteiger partial charge in [-0.15, -0.1) is 11.3 Å². The van der Waals surface area contributed by atoms with Crippen LogP contribution < -0.4 is 5.32 Å². The third-order valence-corrected chi connectivity index (χ3v) is 2.66. The fourth-order valence-electron chi connectivity index (χ4n) is 0.844. The van der Waals surface area contributed by atoms with Crippen LogP contribution in [0.3, 0.4) is 0 Å². The van der Waals surface area contributed by atoms with E-state index in [1.54, 1.807) is 0 Å². The number of carbonyl (C=O) groups excluding carboxylic acids is 1. The number of ether oxygens (including phenoxy) is 1. The largest absolute Gasteiger partial charge is 0.449 e. The lowest BCUT2D eigenvalue weighted by Gasteiger charge is -2.01. The highest BCUT2D eigenvalue weighted by molar-refractivity contribution is 7.15. The molecule has 0 aliphatic rings. The zero-order valence-electron chi connectivity index (χ0n) is 8.59. The van der Waals surface area contributed by atoms with Gasteiger partial charge in [-0.25, -0.2) is 9.78 Å². The first-order chi connectivity index (χ1) is 6.63. The van der Waals surface area contributed by atoms with Crippen LogP contribution >= 0.6 is 11.3 Å². The Hall–Kier alpha value is -1.10. The van der Waals surface area contributed by atoms with E-state index >= 15 is 0 Å². The summed E-state index contributed by atoms with van der Waals surface area (Å²) in [6, 6.07) is 0. The number of thiazole rings is 1. The predicted octanol–water partition coefficient (Wildman–Crippen LogP) is 2.72. The Kier molecular flexibility index (Phi) is 3.88. The summed E-state index contributed by atoms with van der Waals surface area (Å²) < 4.78 is 4.86. The SMILES string of the molecule is CCCOC(=O)Nc1nc(C)c(C)s1. The second kappa shape index (κ2) is 4.95. The van der Waals surface area contributed by atoms with E-state index in [-0.39, 0.29) is 0 Å². The van der Waals surface area contributed by atoms with E-state index in [9.17, 15) is 4.79 Å². The van der Waals surface area contributed by atoms with Gasteiger partial charge in [0.15, 0.2) is 5.13 Å². The van der Waals surface area contributed by atoms with E-state index in [0.29, 0.717) is 11.7 Å². The van der Waals surface area contributed by atoms with Gasteiger partial charge < -0.3 is 4.74 Å². The van der Waals surface area contributed by atoms with Crippen molar-refractivity contribution in [3.8, 4) is 0 Å². The highest BCUT2D eigenvalue weighted by atomic mass is 32.1. The first-order valence-corrected chi connectivity index (χ1v) is 5.33. The molecular formula is C9H14N2O2S.